The normalized spacial score (nSPS) is 13.9. The van der Waals surface area contributed by atoms with Crippen molar-refractivity contribution in [1.29, 1.82) is 0 Å². The van der Waals surface area contributed by atoms with Crippen molar-refractivity contribution in [3.63, 3.8) is 0 Å². The summed E-state index contributed by atoms with van der Waals surface area (Å²) in [6.45, 7) is 9.27. The van der Waals surface area contributed by atoms with Crippen LogP contribution in [0.5, 0.6) is 0 Å². The van der Waals surface area contributed by atoms with Crippen molar-refractivity contribution in [2.45, 2.75) is 32.9 Å². The molecule has 0 radical (unpaired) electrons. The molecule has 0 saturated carbocycles. The van der Waals surface area contributed by atoms with Crippen LogP contribution < -0.4 is 15.5 Å². The molecule has 1 aliphatic rings. The number of ether oxygens (including phenoxy) is 2. The van der Waals surface area contributed by atoms with Crippen molar-refractivity contribution in [2.75, 3.05) is 36.5 Å². The van der Waals surface area contributed by atoms with Gasteiger partial charge in [-0.1, -0.05) is 24.3 Å². The monoisotopic (exact) mass is 461 g/mol. The molecule has 2 heterocycles. The van der Waals surface area contributed by atoms with E-state index >= 15 is 0 Å². The third-order valence-electron chi connectivity index (χ3n) is 5.24. The third kappa shape index (κ3) is 6.68. The SMILES string of the molecule is CC(C)(C)OC(=O)NCc1ccc(-c2ccnc(Nc3ccc(N4CCOCC4)cc3)n2)cc1. The molecule has 8 heteroatoms. The Hall–Kier alpha value is -3.65. The maximum atomic E-state index is 11.8. The molecule has 3 aromatic rings. The van der Waals surface area contributed by atoms with Crippen LogP contribution in [-0.4, -0.2) is 48.0 Å². The minimum absolute atomic E-state index is 0.395. The molecule has 1 aromatic heterocycles. The second-order valence-electron chi connectivity index (χ2n) is 9.09. The average molecular weight is 462 g/mol. The van der Waals surface area contributed by atoms with Gasteiger partial charge in [0.25, 0.3) is 0 Å². The zero-order valence-electron chi connectivity index (χ0n) is 19.9. The fourth-order valence-corrected chi connectivity index (χ4v) is 3.57. The molecule has 1 aliphatic heterocycles. The Morgan fingerprint density at radius 3 is 2.41 bits per heavy atom. The molecular formula is C26H31N5O3. The summed E-state index contributed by atoms with van der Waals surface area (Å²) in [5.41, 5.74) is 4.35. The molecule has 4 rings (SSSR count). The third-order valence-corrected chi connectivity index (χ3v) is 5.24. The fourth-order valence-electron chi connectivity index (χ4n) is 3.57. The number of amides is 1. The first-order chi connectivity index (χ1) is 16.4. The quantitative estimate of drug-likeness (QED) is 0.548. The summed E-state index contributed by atoms with van der Waals surface area (Å²) < 4.78 is 10.7. The van der Waals surface area contributed by atoms with Gasteiger partial charge in [0, 0.05) is 42.8 Å². The molecule has 178 valence electrons. The van der Waals surface area contributed by atoms with Gasteiger partial charge in [0.05, 0.1) is 18.9 Å². The molecule has 1 amide bonds. The summed E-state index contributed by atoms with van der Waals surface area (Å²) in [5.74, 6) is 0.535. The first-order valence-corrected chi connectivity index (χ1v) is 11.4. The number of anilines is 3. The highest BCUT2D eigenvalue weighted by Crippen LogP contribution is 2.23. The van der Waals surface area contributed by atoms with Gasteiger partial charge in [-0.25, -0.2) is 14.8 Å². The Kier molecular flexibility index (Phi) is 7.27. The largest absolute Gasteiger partial charge is 0.444 e. The lowest BCUT2D eigenvalue weighted by molar-refractivity contribution is 0.0523. The van der Waals surface area contributed by atoms with Crippen LogP contribution in [0.15, 0.2) is 60.8 Å². The highest BCUT2D eigenvalue weighted by molar-refractivity contribution is 5.68. The minimum Gasteiger partial charge on any atom is -0.444 e. The van der Waals surface area contributed by atoms with Crippen LogP contribution in [-0.2, 0) is 16.0 Å². The number of morpholine rings is 1. The Labute approximate surface area is 200 Å². The van der Waals surface area contributed by atoms with Gasteiger partial charge < -0.3 is 25.0 Å². The zero-order valence-corrected chi connectivity index (χ0v) is 19.9. The van der Waals surface area contributed by atoms with E-state index in [0.717, 1.165) is 48.8 Å². The van der Waals surface area contributed by atoms with E-state index in [1.165, 1.54) is 5.69 Å². The van der Waals surface area contributed by atoms with Gasteiger partial charge >= 0.3 is 6.09 Å². The van der Waals surface area contributed by atoms with Gasteiger partial charge in [0.15, 0.2) is 0 Å². The zero-order chi connectivity index (χ0) is 24.0. The van der Waals surface area contributed by atoms with E-state index in [2.05, 4.69) is 37.6 Å². The van der Waals surface area contributed by atoms with Crippen LogP contribution in [0, 0.1) is 0 Å². The topological polar surface area (TPSA) is 88.6 Å². The lowest BCUT2D eigenvalue weighted by Gasteiger charge is -2.28. The van der Waals surface area contributed by atoms with Crippen molar-refractivity contribution < 1.29 is 14.3 Å². The number of alkyl carbamates (subject to hydrolysis) is 1. The minimum atomic E-state index is -0.516. The molecule has 0 aliphatic carbocycles. The van der Waals surface area contributed by atoms with Crippen LogP contribution in [0.1, 0.15) is 26.3 Å². The molecule has 34 heavy (non-hydrogen) atoms. The van der Waals surface area contributed by atoms with E-state index in [1.807, 2.05) is 63.2 Å². The number of hydrogen-bond acceptors (Lipinski definition) is 7. The first-order valence-electron chi connectivity index (χ1n) is 11.4. The molecule has 8 nitrogen and oxygen atoms in total. The number of nitrogens with zero attached hydrogens (tertiary/aromatic N) is 3. The molecule has 0 atom stereocenters. The number of benzene rings is 2. The van der Waals surface area contributed by atoms with E-state index in [9.17, 15) is 4.79 Å². The van der Waals surface area contributed by atoms with Gasteiger partial charge in [0.2, 0.25) is 5.95 Å². The lowest BCUT2D eigenvalue weighted by atomic mass is 10.1. The van der Waals surface area contributed by atoms with E-state index in [1.54, 1.807) is 6.20 Å². The van der Waals surface area contributed by atoms with Crippen molar-refractivity contribution in [3.05, 3.63) is 66.4 Å². The number of carbonyl (C=O) groups is 1. The van der Waals surface area contributed by atoms with Crippen LogP contribution in [0.3, 0.4) is 0 Å². The van der Waals surface area contributed by atoms with E-state index in [4.69, 9.17) is 9.47 Å². The fraction of sp³-hybridized carbons (Fsp3) is 0.346. The summed E-state index contributed by atoms with van der Waals surface area (Å²) >= 11 is 0. The molecule has 0 unspecified atom stereocenters. The molecular weight excluding hydrogens is 430 g/mol. The van der Waals surface area contributed by atoms with Crippen LogP contribution in [0.4, 0.5) is 22.1 Å². The van der Waals surface area contributed by atoms with Gasteiger partial charge in [-0.2, -0.15) is 0 Å². The van der Waals surface area contributed by atoms with Crippen LogP contribution in [0.25, 0.3) is 11.3 Å². The van der Waals surface area contributed by atoms with E-state index in [-0.39, 0.29) is 0 Å². The maximum Gasteiger partial charge on any atom is 0.407 e. The molecule has 2 aromatic carbocycles. The van der Waals surface area contributed by atoms with E-state index < -0.39 is 11.7 Å². The summed E-state index contributed by atoms with van der Waals surface area (Å²) in [7, 11) is 0. The number of carbonyl (C=O) groups excluding carboxylic acids is 1. The Morgan fingerprint density at radius 1 is 1.03 bits per heavy atom. The first kappa shape index (κ1) is 23.5. The van der Waals surface area contributed by atoms with Crippen molar-refractivity contribution in [2.24, 2.45) is 0 Å². The number of aromatic nitrogens is 2. The highest BCUT2D eigenvalue weighted by Gasteiger charge is 2.15. The predicted molar refractivity (Wildman–Crippen MR) is 133 cm³/mol. The molecule has 0 bridgehead atoms. The van der Waals surface area contributed by atoms with Crippen molar-refractivity contribution in [3.8, 4) is 11.3 Å². The lowest BCUT2D eigenvalue weighted by Crippen LogP contribution is -2.36. The second kappa shape index (κ2) is 10.5. The Morgan fingerprint density at radius 2 is 1.74 bits per heavy atom. The average Bonchev–Trinajstić information content (AvgIpc) is 2.83. The number of rotatable bonds is 6. The molecule has 1 fully saturated rings. The molecule has 1 saturated heterocycles. The molecule has 2 N–H and O–H groups in total. The van der Waals surface area contributed by atoms with Gasteiger partial charge in [-0.3, -0.25) is 0 Å². The van der Waals surface area contributed by atoms with Gasteiger partial charge in [-0.15, -0.1) is 0 Å². The molecule has 0 spiro atoms. The summed E-state index contributed by atoms with van der Waals surface area (Å²) in [4.78, 5) is 23.2. The van der Waals surface area contributed by atoms with Gasteiger partial charge in [-0.05, 0) is 56.7 Å². The van der Waals surface area contributed by atoms with Crippen molar-refractivity contribution >= 4 is 23.4 Å². The van der Waals surface area contributed by atoms with Crippen LogP contribution in [0.2, 0.25) is 0 Å². The highest BCUT2D eigenvalue weighted by atomic mass is 16.6. The van der Waals surface area contributed by atoms with E-state index in [0.29, 0.717) is 12.5 Å². The smallest absolute Gasteiger partial charge is 0.407 e. The summed E-state index contributed by atoms with van der Waals surface area (Å²) in [5, 5.41) is 6.05. The van der Waals surface area contributed by atoms with Crippen molar-refractivity contribution in [1.82, 2.24) is 15.3 Å². The second-order valence-corrected chi connectivity index (χ2v) is 9.09. The predicted octanol–water partition coefficient (Wildman–Crippen LogP) is 4.75. The number of hydrogen-bond donors (Lipinski definition) is 2. The Balaban J connectivity index is 1.36. The standard InChI is InChI=1S/C26H31N5O3/c1-26(2,3)34-25(32)28-18-19-4-6-20(7-5-19)23-12-13-27-24(30-23)29-21-8-10-22(11-9-21)31-14-16-33-17-15-31/h4-13H,14-18H2,1-3H3,(H,28,32)(H,27,29,30). The summed E-state index contributed by atoms with van der Waals surface area (Å²) in [6, 6.07) is 18.0. The Bertz CT molecular complexity index is 1090. The van der Waals surface area contributed by atoms with Gasteiger partial charge in [0.1, 0.15) is 5.60 Å². The van der Waals surface area contributed by atoms with Crippen LogP contribution >= 0.6 is 0 Å². The number of nitrogens with one attached hydrogen (secondary N) is 2. The summed E-state index contributed by atoms with van der Waals surface area (Å²) in [6.07, 6.45) is 1.31. The maximum absolute atomic E-state index is 11.8.